The first-order chi connectivity index (χ1) is 13.5. The number of nitrogens with zero attached hydrogens (tertiary/aromatic N) is 5. The number of hydrogen-bond donors (Lipinski definition) is 1. The van der Waals surface area contributed by atoms with Crippen LogP contribution in [0.1, 0.15) is 27.0 Å². The lowest BCUT2D eigenvalue weighted by Gasteiger charge is -2.39. The Balaban J connectivity index is 1.24. The first-order valence-electron chi connectivity index (χ1n) is 9.29. The summed E-state index contributed by atoms with van der Waals surface area (Å²) in [7, 11) is 0. The summed E-state index contributed by atoms with van der Waals surface area (Å²) in [4.78, 5) is 26.6. The zero-order valence-corrected chi connectivity index (χ0v) is 15.9. The summed E-state index contributed by atoms with van der Waals surface area (Å²) in [6.07, 6.45) is 2.02. The van der Waals surface area contributed by atoms with Crippen LogP contribution >= 0.6 is 0 Å². The molecule has 4 rings (SSSR count). The molecule has 8 heteroatoms. The fraction of sp³-hybridized carbons (Fsp3) is 0.350. The minimum absolute atomic E-state index is 0.134. The highest BCUT2D eigenvalue weighted by molar-refractivity contribution is 5.94. The summed E-state index contributed by atoms with van der Waals surface area (Å²) in [6, 6.07) is 9.54. The van der Waals surface area contributed by atoms with Gasteiger partial charge in [-0.05, 0) is 53.1 Å². The SMILES string of the molecule is Cc1ccc(CC(=O)N2CC(CNC(=O)c3ccc4nnnn4c3)C2)cc1C. The molecule has 0 aliphatic carbocycles. The van der Waals surface area contributed by atoms with Crippen molar-refractivity contribution in [3.63, 3.8) is 0 Å². The molecule has 0 atom stereocenters. The average Bonchev–Trinajstić information content (AvgIpc) is 3.11. The Morgan fingerprint density at radius 3 is 2.75 bits per heavy atom. The molecular formula is C20H22N6O2. The van der Waals surface area contributed by atoms with Crippen LogP contribution in [0.25, 0.3) is 5.65 Å². The van der Waals surface area contributed by atoms with E-state index in [2.05, 4.69) is 46.8 Å². The summed E-state index contributed by atoms with van der Waals surface area (Å²) in [5.41, 5.74) is 4.57. The van der Waals surface area contributed by atoms with Gasteiger partial charge in [-0.15, -0.1) is 5.10 Å². The van der Waals surface area contributed by atoms with Gasteiger partial charge in [-0.2, -0.15) is 4.52 Å². The molecule has 0 spiro atoms. The van der Waals surface area contributed by atoms with Crippen molar-refractivity contribution in [2.75, 3.05) is 19.6 Å². The van der Waals surface area contributed by atoms with Gasteiger partial charge >= 0.3 is 0 Å². The fourth-order valence-corrected chi connectivity index (χ4v) is 3.32. The quantitative estimate of drug-likeness (QED) is 0.720. The number of hydrogen-bond acceptors (Lipinski definition) is 5. The van der Waals surface area contributed by atoms with Crippen molar-refractivity contribution in [3.05, 3.63) is 58.8 Å². The van der Waals surface area contributed by atoms with Gasteiger partial charge in [0.2, 0.25) is 5.91 Å². The lowest BCUT2D eigenvalue weighted by Crippen LogP contribution is -2.54. The second-order valence-corrected chi connectivity index (χ2v) is 7.37. The van der Waals surface area contributed by atoms with Gasteiger partial charge in [-0.3, -0.25) is 9.59 Å². The van der Waals surface area contributed by atoms with Crippen molar-refractivity contribution < 1.29 is 9.59 Å². The lowest BCUT2D eigenvalue weighted by atomic mass is 9.98. The molecule has 1 N–H and O–H groups in total. The molecule has 0 saturated carbocycles. The van der Waals surface area contributed by atoms with Crippen LogP contribution in [0.2, 0.25) is 0 Å². The van der Waals surface area contributed by atoms with Gasteiger partial charge in [-0.1, -0.05) is 18.2 Å². The number of carbonyl (C=O) groups excluding carboxylic acids is 2. The zero-order valence-electron chi connectivity index (χ0n) is 15.9. The molecule has 0 unspecified atom stereocenters. The molecule has 2 aromatic heterocycles. The van der Waals surface area contributed by atoms with Crippen molar-refractivity contribution >= 4 is 17.5 Å². The number of tetrazole rings is 1. The summed E-state index contributed by atoms with van der Waals surface area (Å²) in [5.74, 6) is 0.247. The number of nitrogens with one attached hydrogen (secondary N) is 1. The van der Waals surface area contributed by atoms with Gasteiger partial charge in [0, 0.05) is 31.7 Å². The third-order valence-electron chi connectivity index (χ3n) is 5.24. The van der Waals surface area contributed by atoms with E-state index in [-0.39, 0.29) is 17.7 Å². The van der Waals surface area contributed by atoms with Crippen LogP contribution in [0.4, 0.5) is 0 Å². The smallest absolute Gasteiger partial charge is 0.252 e. The first kappa shape index (κ1) is 18.1. The molecule has 0 radical (unpaired) electrons. The maximum absolute atomic E-state index is 12.4. The topological polar surface area (TPSA) is 92.5 Å². The van der Waals surface area contributed by atoms with E-state index in [1.165, 1.54) is 15.6 Å². The second-order valence-electron chi connectivity index (χ2n) is 7.37. The highest BCUT2D eigenvalue weighted by atomic mass is 16.2. The lowest BCUT2D eigenvalue weighted by molar-refractivity contribution is -0.136. The predicted octanol–water partition coefficient (Wildman–Crippen LogP) is 1.17. The van der Waals surface area contributed by atoms with Crippen LogP contribution in [0.5, 0.6) is 0 Å². The normalized spacial score (nSPS) is 14.1. The molecule has 8 nitrogen and oxygen atoms in total. The number of amides is 2. The van der Waals surface area contributed by atoms with Crippen LogP contribution in [0.15, 0.2) is 36.5 Å². The highest BCUT2D eigenvalue weighted by Gasteiger charge is 2.30. The number of fused-ring (bicyclic) bond motifs is 1. The van der Waals surface area contributed by atoms with Crippen LogP contribution < -0.4 is 5.32 Å². The maximum Gasteiger partial charge on any atom is 0.252 e. The highest BCUT2D eigenvalue weighted by Crippen LogP contribution is 2.18. The Labute approximate surface area is 162 Å². The van der Waals surface area contributed by atoms with Gasteiger partial charge in [0.1, 0.15) is 0 Å². The van der Waals surface area contributed by atoms with Gasteiger partial charge < -0.3 is 10.2 Å². The minimum Gasteiger partial charge on any atom is -0.352 e. The standard InChI is InChI=1S/C20H22N6O2/c1-13-3-4-15(7-14(13)2)8-19(27)25-10-16(11-25)9-21-20(28)17-5-6-18-22-23-24-26(18)12-17/h3-7,12,16H,8-11H2,1-2H3,(H,21,28). The van der Waals surface area contributed by atoms with E-state index in [1.807, 2.05) is 11.0 Å². The monoisotopic (exact) mass is 378 g/mol. The number of aryl methyl sites for hydroxylation is 2. The van der Waals surface area contributed by atoms with Crippen molar-refractivity contribution in [1.82, 2.24) is 30.3 Å². The van der Waals surface area contributed by atoms with E-state index in [9.17, 15) is 9.59 Å². The molecule has 1 fully saturated rings. The number of carbonyl (C=O) groups is 2. The molecule has 1 aromatic carbocycles. The number of rotatable bonds is 5. The Morgan fingerprint density at radius 2 is 1.96 bits per heavy atom. The summed E-state index contributed by atoms with van der Waals surface area (Å²) < 4.78 is 1.46. The van der Waals surface area contributed by atoms with Crippen molar-refractivity contribution in [3.8, 4) is 0 Å². The van der Waals surface area contributed by atoms with E-state index in [0.29, 0.717) is 37.3 Å². The Kier molecular flexibility index (Phi) is 4.77. The molecular weight excluding hydrogens is 356 g/mol. The van der Waals surface area contributed by atoms with Gasteiger partial charge in [0.05, 0.1) is 12.0 Å². The van der Waals surface area contributed by atoms with Crippen LogP contribution in [0, 0.1) is 19.8 Å². The molecule has 3 aromatic rings. The number of pyridine rings is 1. The van der Waals surface area contributed by atoms with E-state index < -0.39 is 0 Å². The van der Waals surface area contributed by atoms with Gasteiger partial charge in [-0.25, -0.2) is 0 Å². The largest absolute Gasteiger partial charge is 0.352 e. The van der Waals surface area contributed by atoms with E-state index in [1.54, 1.807) is 18.3 Å². The maximum atomic E-state index is 12.4. The summed E-state index contributed by atoms with van der Waals surface area (Å²) >= 11 is 0. The molecule has 1 saturated heterocycles. The average molecular weight is 378 g/mol. The second kappa shape index (κ2) is 7.38. The van der Waals surface area contributed by atoms with Crippen molar-refractivity contribution in [2.45, 2.75) is 20.3 Å². The van der Waals surface area contributed by atoms with Crippen LogP contribution in [0.3, 0.4) is 0 Å². The minimum atomic E-state index is -0.169. The van der Waals surface area contributed by atoms with Crippen molar-refractivity contribution in [1.29, 1.82) is 0 Å². The van der Waals surface area contributed by atoms with Gasteiger partial charge in [0.25, 0.3) is 5.91 Å². The molecule has 1 aliphatic rings. The Morgan fingerprint density at radius 1 is 1.14 bits per heavy atom. The molecule has 28 heavy (non-hydrogen) atoms. The number of aromatic nitrogens is 4. The summed E-state index contributed by atoms with van der Waals surface area (Å²) in [6.45, 7) is 6.02. The van der Waals surface area contributed by atoms with Crippen LogP contribution in [-0.4, -0.2) is 56.4 Å². The van der Waals surface area contributed by atoms with E-state index in [4.69, 9.17) is 0 Å². The van der Waals surface area contributed by atoms with E-state index in [0.717, 1.165) is 5.56 Å². The predicted molar refractivity (Wildman–Crippen MR) is 103 cm³/mol. The van der Waals surface area contributed by atoms with E-state index >= 15 is 0 Å². The van der Waals surface area contributed by atoms with Gasteiger partial charge in [0.15, 0.2) is 5.65 Å². The Bertz CT molecular complexity index is 1040. The third kappa shape index (κ3) is 3.71. The Hall–Kier alpha value is -3.29. The molecule has 1 aliphatic heterocycles. The first-order valence-corrected chi connectivity index (χ1v) is 9.29. The molecule has 0 bridgehead atoms. The third-order valence-corrected chi connectivity index (χ3v) is 5.24. The number of likely N-dealkylation sites (tertiary alicyclic amines) is 1. The molecule has 144 valence electrons. The zero-order chi connectivity index (χ0) is 19.7. The molecule has 2 amide bonds. The fourth-order valence-electron chi connectivity index (χ4n) is 3.32. The van der Waals surface area contributed by atoms with Crippen LogP contribution in [-0.2, 0) is 11.2 Å². The number of benzene rings is 1. The van der Waals surface area contributed by atoms with Crippen molar-refractivity contribution in [2.24, 2.45) is 5.92 Å². The summed E-state index contributed by atoms with van der Waals surface area (Å²) in [5, 5.41) is 14.1. The molecule has 3 heterocycles.